The number of carbonyl (C=O) groups excluding carboxylic acids is 1. The third kappa shape index (κ3) is 6.07. The number of amides is 1. The molecule has 1 aromatic carbocycles. The van der Waals surface area contributed by atoms with Crippen LogP contribution in [0.3, 0.4) is 0 Å². The fourth-order valence-electron chi connectivity index (χ4n) is 1.63. The molecule has 0 aromatic heterocycles. The predicted octanol–water partition coefficient (Wildman–Crippen LogP) is 2.45. The van der Waals surface area contributed by atoms with Crippen molar-refractivity contribution in [2.45, 2.75) is 37.2 Å². The molecule has 0 radical (unpaired) electrons. The molecule has 0 aliphatic carbocycles. The Morgan fingerprint density at radius 2 is 2.06 bits per heavy atom. The SMILES string of the molecule is CCCC(C)(O)CNC(=O)CSc1ccccc1. The molecule has 2 N–H and O–H groups in total. The molecule has 0 heterocycles. The normalized spacial score (nSPS) is 13.9. The molecule has 1 rings (SSSR count). The largest absolute Gasteiger partial charge is 0.388 e. The van der Waals surface area contributed by atoms with Gasteiger partial charge >= 0.3 is 0 Å². The molecule has 0 spiro atoms. The lowest BCUT2D eigenvalue weighted by Crippen LogP contribution is -2.41. The van der Waals surface area contributed by atoms with Crippen molar-refractivity contribution in [3.8, 4) is 0 Å². The molecule has 0 aliphatic rings. The van der Waals surface area contributed by atoms with E-state index in [9.17, 15) is 9.90 Å². The van der Waals surface area contributed by atoms with Crippen molar-refractivity contribution >= 4 is 17.7 Å². The second-order valence-electron chi connectivity index (χ2n) is 4.63. The van der Waals surface area contributed by atoms with Gasteiger partial charge in [0.2, 0.25) is 5.91 Å². The van der Waals surface area contributed by atoms with Crippen LogP contribution in [0.15, 0.2) is 35.2 Å². The maximum absolute atomic E-state index is 11.6. The van der Waals surface area contributed by atoms with Gasteiger partial charge in [0.25, 0.3) is 0 Å². The van der Waals surface area contributed by atoms with Crippen LogP contribution in [0.1, 0.15) is 26.7 Å². The summed E-state index contributed by atoms with van der Waals surface area (Å²) in [4.78, 5) is 12.7. The van der Waals surface area contributed by atoms with E-state index >= 15 is 0 Å². The van der Waals surface area contributed by atoms with E-state index in [4.69, 9.17) is 0 Å². The van der Waals surface area contributed by atoms with Crippen LogP contribution in [0.4, 0.5) is 0 Å². The van der Waals surface area contributed by atoms with Gasteiger partial charge in [0, 0.05) is 11.4 Å². The summed E-state index contributed by atoms with van der Waals surface area (Å²) >= 11 is 1.50. The van der Waals surface area contributed by atoms with Gasteiger partial charge in [-0.1, -0.05) is 31.5 Å². The highest BCUT2D eigenvalue weighted by Gasteiger charge is 2.19. The first-order valence-electron chi connectivity index (χ1n) is 6.20. The first-order chi connectivity index (χ1) is 8.53. The molecule has 4 heteroatoms. The Kier molecular flexibility index (Phi) is 6.22. The van der Waals surface area contributed by atoms with Gasteiger partial charge in [-0.15, -0.1) is 11.8 Å². The number of benzene rings is 1. The molecule has 100 valence electrons. The maximum Gasteiger partial charge on any atom is 0.230 e. The summed E-state index contributed by atoms with van der Waals surface area (Å²) in [7, 11) is 0. The minimum Gasteiger partial charge on any atom is -0.388 e. The topological polar surface area (TPSA) is 49.3 Å². The molecular weight excluding hydrogens is 246 g/mol. The molecule has 18 heavy (non-hydrogen) atoms. The summed E-state index contributed by atoms with van der Waals surface area (Å²) in [5.41, 5.74) is -0.804. The van der Waals surface area contributed by atoms with Crippen molar-refractivity contribution in [2.24, 2.45) is 0 Å². The first kappa shape index (κ1) is 15.1. The lowest BCUT2D eigenvalue weighted by molar-refractivity contribution is -0.119. The molecule has 1 amide bonds. The minimum atomic E-state index is -0.804. The van der Waals surface area contributed by atoms with Gasteiger partial charge in [-0.3, -0.25) is 4.79 Å². The summed E-state index contributed by atoms with van der Waals surface area (Å²) in [5, 5.41) is 12.7. The van der Waals surface area contributed by atoms with E-state index in [2.05, 4.69) is 5.32 Å². The highest BCUT2D eigenvalue weighted by molar-refractivity contribution is 8.00. The average molecular weight is 267 g/mol. The Morgan fingerprint density at radius 1 is 1.39 bits per heavy atom. The van der Waals surface area contributed by atoms with Crippen molar-refractivity contribution in [2.75, 3.05) is 12.3 Å². The van der Waals surface area contributed by atoms with Gasteiger partial charge in [0.1, 0.15) is 0 Å². The van der Waals surface area contributed by atoms with Crippen molar-refractivity contribution in [1.82, 2.24) is 5.32 Å². The molecule has 0 saturated carbocycles. The molecule has 0 bridgehead atoms. The van der Waals surface area contributed by atoms with Crippen LogP contribution in [0.5, 0.6) is 0 Å². The van der Waals surface area contributed by atoms with Gasteiger partial charge in [0.15, 0.2) is 0 Å². The molecule has 0 fully saturated rings. The Bertz CT molecular complexity index is 365. The number of hydrogen-bond acceptors (Lipinski definition) is 3. The lowest BCUT2D eigenvalue weighted by atomic mass is 10.0. The zero-order valence-corrected chi connectivity index (χ0v) is 11.8. The summed E-state index contributed by atoms with van der Waals surface area (Å²) in [5.74, 6) is 0.340. The molecule has 0 saturated heterocycles. The zero-order chi connectivity index (χ0) is 13.4. The lowest BCUT2D eigenvalue weighted by Gasteiger charge is -2.22. The maximum atomic E-state index is 11.6. The fourth-order valence-corrected chi connectivity index (χ4v) is 2.38. The standard InChI is InChI=1S/C14H21NO2S/c1-3-9-14(2,17)11-15-13(16)10-18-12-7-5-4-6-8-12/h4-8,17H,3,9-11H2,1-2H3,(H,15,16). The van der Waals surface area contributed by atoms with E-state index in [1.807, 2.05) is 37.3 Å². The van der Waals surface area contributed by atoms with E-state index < -0.39 is 5.60 Å². The first-order valence-corrected chi connectivity index (χ1v) is 7.19. The second-order valence-corrected chi connectivity index (χ2v) is 5.67. The highest BCUT2D eigenvalue weighted by atomic mass is 32.2. The molecule has 1 atom stereocenters. The average Bonchev–Trinajstić information content (AvgIpc) is 2.35. The monoisotopic (exact) mass is 267 g/mol. The van der Waals surface area contributed by atoms with Crippen LogP contribution >= 0.6 is 11.8 Å². The van der Waals surface area contributed by atoms with Gasteiger partial charge in [-0.25, -0.2) is 0 Å². The number of carbonyl (C=O) groups is 1. The van der Waals surface area contributed by atoms with Crippen LogP contribution in [-0.2, 0) is 4.79 Å². The van der Waals surface area contributed by atoms with E-state index in [1.54, 1.807) is 6.92 Å². The van der Waals surface area contributed by atoms with E-state index in [0.717, 1.165) is 11.3 Å². The summed E-state index contributed by atoms with van der Waals surface area (Å²) in [6.45, 7) is 4.08. The highest BCUT2D eigenvalue weighted by Crippen LogP contribution is 2.16. The van der Waals surface area contributed by atoms with Crippen LogP contribution < -0.4 is 5.32 Å². The zero-order valence-electron chi connectivity index (χ0n) is 11.0. The second kappa shape index (κ2) is 7.44. The minimum absolute atomic E-state index is 0.0415. The quantitative estimate of drug-likeness (QED) is 0.746. The van der Waals surface area contributed by atoms with Crippen LogP contribution in [-0.4, -0.2) is 28.9 Å². The molecule has 1 unspecified atom stereocenters. The van der Waals surface area contributed by atoms with Crippen molar-refractivity contribution in [1.29, 1.82) is 0 Å². The van der Waals surface area contributed by atoms with Crippen LogP contribution in [0, 0.1) is 0 Å². The molecule has 0 aliphatic heterocycles. The Hall–Kier alpha value is -1.00. The summed E-state index contributed by atoms with van der Waals surface area (Å²) in [6, 6.07) is 9.81. The van der Waals surface area contributed by atoms with E-state index in [-0.39, 0.29) is 5.91 Å². The Labute approximate surface area is 113 Å². The Morgan fingerprint density at radius 3 is 2.67 bits per heavy atom. The third-order valence-electron chi connectivity index (χ3n) is 2.57. The smallest absolute Gasteiger partial charge is 0.230 e. The number of aliphatic hydroxyl groups is 1. The molecule has 3 nitrogen and oxygen atoms in total. The number of rotatable bonds is 7. The van der Waals surface area contributed by atoms with Crippen LogP contribution in [0.25, 0.3) is 0 Å². The van der Waals surface area contributed by atoms with E-state index in [1.165, 1.54) is 11.8 Å². The van der Waals surface area contributed by atoms with Gasteiger partial charge in [0.05, 0.1) is 11.4 Å². The van der Waals surface area contributed by atoms with Crippen molar-refractivity contribution in [3.05, 3.63) is 30.3 Å². The summed E-state index contributed by atoms with van der Waals surface area (Å²) in [6.07, 6.45) is 1.60. The third-order valence-corrected chi connectivity index (χ3v) is 3.58. The summed E-state index contributed by atoms with van der Waals surface area (Å²) < 4.78 is 0. The fraction of sp³-hybridized carbons (Fsp3) is 0.500. The number of hydrogen-bond donors (Lipinski definition) is 2. The predicted molar refractivity (Wildman–Crippen MR) is 75.7 cm³/mol. The van der Waals surface area contributed by atoms with E-state index in [0.29, 0.717) is 18.7 Å². The molecule has 1 aromatic rings. The van der Waals surface area contributed by atoms with Gasteiger partial charge in [-0.2, -0.15) is 0 Å². The van der Waals surface area contributed by atoms with Gasteiger partial charge < -0.3 is 10.4 Å². The molecular formula is C14H21NO2S. The number of thioether (sulfide) groups is 1. The van der Waals surface area contributed by atoms with Crippen molar-refractivity contribution in [3.63, 3.8) is 0 Å². The van der Waals surface area contributed by atoms with Crippen LogP contribution in [0.2, 0.25) is 0 Å². The van der Waals surface area contributed by atoms with Crippen molar-refractivity contribution < 1.29 is 9.90 Å². The Balaban J connectivity index is 2.26. The number of nitrogens with one attached hydrogen (secondary N) is 1. The van der Waals surface area contributed by atoms with Gasteiger partial charge in [-0.05, 0) is 25.5 Å².